The van der Waals surface area contributed by atoms with Crippen LogP contribution in [0.1, 0.15) is 19.3 Å². The van der Waals surface area contributed by atoms with Gasteiger partial charge in [-0.25, -0.2) is 0 Å². The molecule has 0 radical (unpaired) electrons. The number of piperidine rings is 1. The van der Waals surface area contributed by atoms with Crippen molar-refractivity contribution in [3.05, 3.63) is 0 Å². The highest BCUT2D eigenvalue weighted by atomic mass is 19.4. The summed E-state index contributed by atoms with van der Waals surface area (Å²) in [6.45, 7) is -0.630. The molecule has 7 heteroatoms. The van der Waals surface area contributed by atoms with Crippen molar-refractivity contribution in [2.45, 2.75) is 31.5 Å². The van der Waals surface area contributed by atoms with Gasteiger partial charge in [0, 0.05) is 13.1 Å². The van der Waals surface area contributed by atoms with Crippen LogP contribution in [-0.2, 0) is 9.53 Å². The fraction of sp³-hybridized carbons (Fsp3) is 0.900. The number of amides is 1. The van der Waals surface area contributed by atoms with Gasteiger partial charge in [0.05, 0.1) is 19.1 Å². The van der Waals surface area contributed by atoms with Crippen molar-refractivity contribution in [2.24, 2.45) is 0 Å². The molecule has 0 aromatic rings. The molecule has 1 aliphatic heterocycles. The van der Waals surface area contributed by atoms with Crippen LogP contribution in [0.5, 0.6) is 0 Å². The number of halogens is 3. The number of aliphatic hydroxyl groups is 1. The molecule has 0 atom stereocenters. The maximum absolute atomic E-state index is 11.7. The molecule has 0 aromatic carbocycles. The van der Waals surface area contributed by atoms with Crippen molar-refractivity contribution >= 4 is 5.91 Å². The number of nitrogens with zero attached hydrogens (tertiary/aromatic N) is 1. The second-order valence-corrected chi connectivity index (χ2v) is 4.03. The fourth-order valence-corrected chi connectivity index (χ4v) is 1.62. The minimum atomic E-state index is -4.35. The lowest BCUT2D eigenvalue weighted by Gasteiger charge is -2.29. The van der Waals surface area contributed by atoms with Gasteiger partial charge >= 0.3 is 6.18 Å². The Bertz CT molecular complexity index is 250. The van der Waals surface area contributed by atoms with Gasteiger partial charge in [-0.2, -0.15) is 13.2 Å². The molecule has 1 aliphatic rings. The lowest BCUT2D eigenvalue weighted by atomic mass is 10.1. The van der Waals surface area contributed by atoms with E-state index in [0.717, 1.165) is 0 Å². The monoisotopic (exact) mass is 255 g/mol. The first kappa shape index (κ1) is 14.2. The van der Waals surface area contributed by atoms with Crippen LogP contribution >= 0.6 is 0 Å². The van der Waals surface area contributed by atoms with Gasteiger partial charge in [0.2, 0.25) is 5.91 Å². The van der Waals surface area contributed by atoms with E-state index in [1.165, 1.54) is 0 Å². The number of likely N-dealkylation sites (tertiary alicyclic amines) is 1. The van der Waals surface area contributed by atoms with E-state index in [9.17, 15) is 23.1 Å². The molecule has 1 heterocycles. The Morgan fingerprint density at radius 2 is 1.94 bits per heavy atom. The van der Waals surface area contributed by atoms with Crippen molar-refractivity contribution in [2.75, 3.05) is 26.3 Å². The van der Waals surface area contributed by atoms with E-state index >= 15 is 0 Å². The molecule has 1 N–H and O–H groups in total. The third-order valence-electron chi connectivity index (χ3n) is 2.54. The van der Waals surface area contributed by atoms with Crippen molar-refractivity contribution in [3.63, 3.8) is 0 Å². The molecule has 1 fully saturated rings. The number of aliphatic hydroxyl groups excluding tert-OH is 1. The topological polar surface area (TPSA) is 49.8 Å². The number of hydrogen-bond donors (Lipinski definition) is 1. The molecule has 1 amide bonds. The van der Waals surface area contributed by atoms with Gasteiger partial charge in [0.25, 0.3) is 0 Å². The van der Waals surface area contributed by atoms with Crippen molar-refractivity contribution in [3.8, 4) is 0 Å². The largest absolute Gasteiger partial charge is 0.411 e. The Morgan fingerprint density at radius 1 is 1.35 bits per heavy atom. The van der Waals surface area contributed by atoms with Crippen LogP contribution in [0.2, 0.25) is 0 Å². The third-order valence-corrected chi connectivity index (χ3v) is 2.54. The molecule has 4 nitrogen and oxygen atoms in total. The molecule has 0 bridgehead atoms. The summed E-state index contributed by atoms with van der Waals surface area (Å²) < 4.78 is 39.5. The highest BCUT2D eigenvalue weighted by molar-refractivity contribution is 5.76. The average Bonchev–Trinajstić information content (AvgIpc) is 2.24. The summed E-state index contributed by atoms with van der Waals surface area (Å²) in [4.78, 5) is 13.1. The van der Waals surface area contributed by atoms with Gasteiger partial charge in [0.15, 0.2) is 0 Å². The fourth-order valence-electron chi connectivity index (χ4n) is 1.62. The summed E-state index contributed by atoms with van der Waals surface area (Å²) in [6.07, 6.45) is -3.73. The number of alkyl halides is 3. The molecule has 0 spiro atoms. The first-order valence-electron chi connectivity index (χ1n) is 5.49. The highest BCUT2D eigenvalue weighted by Gasteiger charge is 2.27. The van der Waals surface area contributed by atoms with E-state index in [1.54, 1.807) is 4.90 Å². The minimum absolute atomic E-state index is 0.0494. The van der Waals surface area contributed by atoms with Crippen molar-refractivity contribution in [1.82, 2.24) is 4.90 Å². The van der Waals surface area contributed by atoms with E-state index in [1.807, 2.05) is 0 Å². The van der Waals surface area contributed by atoms with E-state index in [-0.39, 0.29) is 25.0 Å². The number of hydrogen-bond acceptors (Lipinski definition) is 3. The first-order chi connectivity index (χ1) is 7.88. The maximum Gasteiger partial charge on any atom is 0.411 e. The average molecular weight is 255 g/mol. The van der Waals surface area contributed by atoms with Gasteiger partial charge in [0.1, 0.15) is 6.61 Å². The van der Waals surface area contributed by atoms with Gasteiger partial charge in [-0.3, -0.25) is 4.79 Å². The van der Waals surface area contributed by atoms with E-state index < -0.39 is 12.8 Å². The van der Waals surface area contributed by atoms with Gasteiger partial charge in [-0.05, 0) is 12.8 Å². The number of carbonyl (C=O) groups is 1. The smallest absolute Gasteiger partial charge is 0.393 e. The van der Waals surface area contributed by atoms with E-state index in [0.29, 0.717) is 25.9 Å². The number of carbonyl (C=O) groups excluding carboxylic acids is 1. The summed E-state index contributed by atoms with van der Waals surface area (Å²) in [5, 5.41) is 9.22. The predicted octanol–water partition coefficient (Wildman–Crippen LogP) is 0.939. The normalized spacial score (nSPS) is 18.5. The molecule has 0 saturated carbocycles. The standard InChI is InChI=1S/C10H16F3NO3/c11-10(12,13)7-17-6-3-9(16)14-4-1-8(15)2-5-14/h8,15H,1-7H2. The molecular formula is C10H16F3NO3. The third kappa shape index (κ3) is 5.88. The molecule has 17 heavy (non-hydrogen) atoms. The quantitative estimate of drug-likeness (QED) is 0.760. The second-order valence-electron chi connectivity index (χ2n) is 4.03. The van der Waals surface area contributed by atoms with Crippen LogP contribution in [-0.4, -0.2) is 54.5 Å². The summed E-state index contributed by atoms with van der Waals surface area (Å²) in [7, 11) is 0. The molecular weight excluding hydrogens is 239 g/mol. The Balaban J connectivity index is 2.13. The summed E-state index contributed by atoms with van der Waals surface area (Å²) >= 11 is 0. The minimum Gasteiger partial charge on any atom is -0.393 e. The Kier molecular flexibility index (Phi) is 5.20. The SMILES string of the molecule is O=C(CCOCC(F)(F)F)N1CCC(O)CC1. The van der Waals surface area contributed by atoms with Crippen LogP contribution in [0.25, 0.3) is 0 Å². The highest BCUT2D eigenvalue weighted by Crippen LogP contribution is 2.15. The molecule has 0 unspecified atom stereocenters. The van der Waals surface area contributed by atoms with Gasteiger partial charge in [-0.15, -0.1) is 0 Å². The number of ether oxygens (including phenoxy) is 1. The Hall–Kier alpha value is -0.820. The predicted molar refractivity (Wildman–Crippen MR) is 53.3 cm³/mol. The van der Waals surface area contributed by atoms with Crippen molar-refractivity contribution in [1.29, 1.82) is 0 Å². The zero-order chi connectivity index (χ0) is 12.9. The summed E-state index contributed by atoms with van der Waals surface area (Å²) in [6, 6.07) is 0. The zero-order valence-corrected chi connectivity index (χ0v) is 9.37. The first-order valence-corrected chi connectivity index (χ1v) is 5.49. The van der Waals surface area contributed by atoms with Crippen LogP contribution in [0.15, 0.2) is 0 Å². The van der Waals surface area contributed by atoms with Crippen molar-refractivity contribution < 1.29 is 27.8 Å². The van der Waals surface area contributed by atoms with E-state index in [4.69, 9.17) is 0 Å². The van der Waals surface area contributed by atoms with Crippen LogP contribution < -0.4 is 0 Å². The van der Waals surface area contributed by atoms with Gasteiger partial charge < -0.3 is 14.7 Å². The summed E-state index contributed by atoms with van der Waals surface area (Å²) in [5.74, 6) is -0.223. The lowest BCUT2D eigenvalue weighted by molar-refractivity contribution is -0.175. The van der Waals surface area contributed by atoms with Crippen LogP contribution in [0.3, 0.4) is 0 Å². The lowest BCUT2D eigenvalue weighted by Crippen LogP contribution is -2.40. The Morgan fingerprint density at radius 3 is 2.47 bits per heavy atom. The molecule has 0 aliphatic carbocycles. The molecule has 1 saturated heterocycles. The van der Waals surface area contributed by atoms with E-state index in [2.05, 4.69) is 4.74 Å². The van der Waals surface area contributed by atoms with Gasteiger partial charge in [-0.1, -0.05) is 0 Å². The maximum atomic E-state index is 11.7. The Labute approximate surface area is 97.3 Å². The van der Waals surface area contributed by atoms with Crippen LogP contribution in [0, 0.1) is 0 Å². The summed E-state index contributed by atoms with van der Waals surface area (Å²) in [5.41, 5.74) is 0. The second kappa shape index (κ2) is 6.20. The molecule has 100 valence electrons. The zero-order valence-electron chi connectivity index (χ0n) is 9.37. The molecule has 1 rings (SSSR count). The van der Waals surface area contributed by atoms with Crippen LogP contribution in [0.4, 0.5) is 13.2 Å². The molecule has 0 aromatic heterocycles. The number of rotatable bonds is 4.